The maximum absolute atomic E-state index is 13.0. The Hall–Kier alpha value is -3.02. The number of benzene rings is 2. The maximum Gasteiger partial charge on any atom is 0.411 e. The topological polar surface area (TPSA) is 80.7 Å². The predicted molar refractivity (Wildman–Crippen MR) is 166 cm³/mol. The third kappa shape index (κ3) is 11.1. The fraction of sp³-hybridized carbons (Fsp3) is 0.618. The minimum absolute atomic E-state index is 0.0300. The average molecular weight is 637 g/mol. The number of aliphatic hydroxyl groups is 1. The summed E-state index contributed by atoms with van der Waals surface area (Å²) in [5.74, 6) is 0.658. The normalized spacial score (nSPS) is 18.9. The van der Waals surface area contributed by atoms with Gasteiger partial charge in [0.1, 0.15) is 18.0 Å². The predicted octanol–water partition coefficient (Wildman–Crippen LogP) is 6.48. The molecular weight excluding hydrogens is 589 g/mol. The highest BCUT2D eigenvalue weighted by Gasteiger charge is 2.35. The number of ether oxygens (including phenoxy) is 4. The summed E-state index contributed by atoms with van der Waals surface area (Å²) in [4.78, 5) is 17.0. The summed E-state index contributed by atoms with van der Waals surface area (Å²) >= 11 is 0. The Morgan fingerprint density at radius 2 is 1.80 bits per heavy atom. The number of aliphatic hydroxyl groups excluding tert-OH is 1. The molecule has 2 aliphatic heterocycles. The van der Waals surface area contributed by atoms with Crippen LogP contribution >= 0.6 is 0 Å². The lowest BCUT2D eigenvalue weighted by atomic mass is 9.87. The van der Waals surface area contributed by atoms with Crippen LogP contribution in [-0.4, -0.2) is 86.6 Å². The molecule has 0 aliphatic carbocycles. The van der Waals surface area contributed by atoms with Gasteiger partial charge in [0.2, 0.25) is 0 Å². The summed E-state index contributed by atoms with van der Waals surface area (Å²) in [5, 5.41) is 9.35. The molecule has 0 aromatic heterocycles. The van der Waals surface area contributed by atoms with Crippen molar-refractivity contribution in [1.29, 1.82) is 0 Å². The number of hydrogen-bond donors (Lipinski definition) is 1. The molecule has 1 amide bonds. The number of halogens is 3. The number of amides is 1. The number of likely N-dealkylation sites (tertiary alicyclic amines) is 1. The molecule has 2 heterocycles. The number of alkyl halides is 3. The van der Waals surface area contributed by atoms with Crippen LogP contribution in [0.15, 0.2) is 42.5 Å². The van der Waals surface area contributed by atoms with Crippen molar-refractivity contribution >= 4 is 11.8 Å². The smallest absolute Gasteiger partial charge is 0.411 e. The monoisotopic (exact) mass is 636 g/mol. The molecule has 2 atom stereocenters. The lowest BCUT2D eigenvalue weighted by molar-refractivity contribution is -0.174. The molecule has 45 heavy (non-hydrogen) atoms. The van der Waals surface area contributed by atoms with Crippen molar-refractivity contribution in [3.63, 3.8) is 0 Å². The first-order valence-corrected chi connectivity index (χ1v) is 15.9. The third-order valence-corrected chi connectivity index (χ3v) is 7.90. The zero-order valence-electron chi connectivity index (χ0n) is 26.6. The van der Waals surface area contributed by atoms with Crippen LogP contribution in [0.3, 0.4) is 0 Å². The highest BCUT2D eigenvalue weighted by atomic mass is 19.4. The molecule has 1 saturated heterocycles. The molecule has 8 nitrogen and oxygen atoms in total. The summed E-state index contributed by atoms with van der Waals surface area (Å²) in [6, 6.07) is 14.1. The molecule has 0 saturated carbocycles. The number of fused-ring (bicyclic) bond motifs is 1. The van der Waals surface area contributed by atoms with Crippen LogP contribution in [0.1, 0.15) is 69.1 Å². The van der Waals surface area contributed by atoms with Crippen molar-refractivity contribution in [3.8, 4) is 5.75 Å². The second kappa shape index (κ2) is 16.0. The quantitative estimate of drug-likeness (QED) is 0.252. The summed E-state index contributed by atoms with van der Waals surface area (Å²) in [6.07, 6.45) is -1.06. The molecule has 11 heteroatoms. The SMILES string of the molecule is CC(C)(C)OC(=O)N1CC[C@H](c2ccc(OCCCOCC(F)(F)F)cc2)[C@@H](OCc2ccc3c(c2)N(CCCO)CCC3)C1. The molecule has 2 aromatic carbocycles. The molecule has 1 N–H and O–H groups in total. The molecule has 0 spiro atoms. The van der Waals surface area contributed by atoms with Gasteiger partial charge in [-0.15, -0.1) is 0 Å². The summed E-state index contributed by atoms with van der Waals surface area (Å²) in [6.45, 7) is 7.78. The molecule has 1 fully saturated rings. The van der Waals surface area contributed by atoms with Crippen LogP contribution in [0, 0.1) is 0 Å². The highest BCUT2D eigenvalue weighted by Crippen LogP contribution is 2.34. The lowest BCUT2D eigenvalue weighted by Gasteiger charge is -2.39. The fourth-order valence-corrected chi connectivity index (χ4v) is 5.79. The van der Waals surface area contributed by atoms with E-state index >= 15 is 0 Å². The van der Waals surface area contributed by atoms with E-state index in [0.29, 0.717) is 38.3 Å². The summed E-state index contributed by atoms with van der Waals surface area (Å²) < 4.78 is 59.2. The van der Waals surface area contributed by atoms with Crippen molar-refractivity contribution < 1.29 is 42.0 Å². The number of anilines is 1. The van der Waals surface area contributed by atoms with Gasteiger partial charge in [-0.05, 0) is 81.3 Å². The van der Waals surface area contributed by atoms with Gasteiger partial charge < -0.3 is 33.9 Å². The molecule has 0 unspecified atom stereocenters. The van der Waals surface area contributed by atoms with Crippen molar-refractivity contribution in [1.82, 2.24) is 4.90 Å². The molecule has 4 rings (SSSR count). The standard InChI is InChI=1S/C34H47F3N2O6/c1-33(2,3)45-32(41)39-17-14-29(26-10-12-28(13-11-26)43-20-6-19-42-24-34(35,36)37)31(22-39)44-23-25-8-9-27-7-4-15-38(16-5-18-40)30(27)21-25/h8-13,21,29,31,40H,4-7,14-20,22-24H2,1-3H3/t29-,31+/m1/s1. The number of piperidine rings is 1. The van der Waals surface area contributed by atoms with Gasteiger partial charge in [0.15, 0.2) is 0 Å². The number of carbonyl (C=O) groups is 1. The molecule has 250 valence electrons. The second-order valence-electron chi connectivity index (χ2n) is 12.7. The van der Waals surface area contributed by atoms with Gasteiger partial charge in [0.25, 0.3) is 0 Å². The van der Waals surface area contributed by atoms with Crippen molar-refractivity contribution in [2.24, 2.45) is 0 Å². The van der Waals surface area contributed by atoms with Crippen LogP contribution in [0.25, 0.3) is 0 Å². The van der Waals surface area contributed by atoms with Gasteiger partial charge in [-0.25, -0.2) is 4.79 Å². The molecule has 0 bridgehead atoms. The van der Waals surface area contributed by atoms with E-state index in [9.17, 15) is 23.1 Å². The lowest BCUT2D eigenvalue weighted by Crippen LogP contribution is -2.48. The van der Waals surface area contributed by atoms with Crippen molar-refractivity contribution in [2.75, 3.05) is 57.5 Å². The molecule has 0 radical (unpaired) electrons. The van der Waals surface area contributed by atoms with E-state index in [4.69, 9.17) is 14.2 Å². The Balaban J connectivity index is 1.41. The summed E-state index contributed by atoms with van der Waals surface area (Å²) in [5.41, 5.74) is 4.03. The van der Waals surface area contributed by atoms with Gasteiger partial charge in [-0.3, -0.25) is 0 Å². The fourth-order valence-electron chi connectivity index (χ4n) is 5.79. The van der Waals surface area contributed by atoms with Gasteiger partial charge in [-0.2, -0.15) is 13.2 Å². The average Bonchev–Trinajstić information content (AvgIpc) is 2.99. The Labute approximate surface area is 264 Å². The number of hydrogen-bond acceptors (Lipinski definition) is 7. The molecule has 2 aromatic rings. The van der Waals surface area contributed by atoms with E-state index in [1.807, 2.05) is 45.0 Å². The van der Waals surface area contributed by atoms with E-state index in [1.54, 1.807) is 4.90 Å². The van der Waals surface area contributed by atoms with Crippen LogP contribution in [0.2, 0.25) is 0 Å². The first-order chi connectivity index (χ1) is 21.4. The van der Waals surface area contributed by atoms with E-state index in [2.05, 4.69) is 27.8 Å². The largest absolute Gasteiger partial charge is 0.494 e. The van der Waals surface area contributed by atoms with Gasteiger partial charge >= 0.3 is 12.3 Å². The summed E-state index contributed by atoms with van der Waals surface area (Å²) in [7, 11) is 0. The van der Waals surface area contributed by atoms with Gasteiger partial charge in [0.05, 0.1) is 32.5 Å². The molecule has 2 aliphatic rings. The first-order valence-electron chi connectivity index (χ1n) is 15.9. The van der Waals surface area contributed by atoms with Crippen LogP contribution in [0.5, 0.6) is 5.75 Å². The minimum Gasteiger partial charge on any atom is -0.494 e. The van der Waals surface area contributed by atoms with Gasteiger partial charge in [-0.1, -0.05) is 24.3 Å². The number of carbonyl (C=O) groups excluding carboxylic acids is 1. The van der Waals surface area contributed by atoms with Crippen LogP contribution in [0.4, 0.5) is 23.7 Å². The Kier molecular flexibility index (Phi) is 12.4. The Bertz CT molecular complexity index is 1220. The maximum atomic E-state index is 13.0. The number of nitrogens with zero attached hydrogens (tertiary/aromatic N) is 2. The highest BCUT2D eigenvalue weighted by molar-refractivity contribution is 5.68. The zero-order valence-corrected chi connectivity index (χ0v) is 26.6. The van der Waals surface area contributed by atoms with E-state index in [-0.39, 0.29) is 37.9 Å². The van der Waals surface area contributed by atoms with Gasteiger partial charge in [0, 0.05) is 44.3 Å². The van der Waals surface area contributed by atoms with Crippen molar-refractivity contribution in [2.45, 2.75) is 83.3 Å². The van der Waals surface area contributed by atoms with E-state index < -0.39 is 18.4 Å². The second-order valence-corrected chi connectivity index (χ2v) is 12.7. The van der Waals surface area contributed by atoms with Crippen LogP contribution < -0.4 is 9.64 Å². The zero-order chi connectivity index (χ0) is 32.5. The first kappa shape index (κ1) is 34.8. The van der Waals surface area contributed by atoms with Crippen molar-refractivity contribution in [3.05, 3.63) is 59.2 Å². The third-order valence-electron chi connectivity index (χ3n) is 7.90. The molecular formula is C34H47F3N2O6. The number of rotatable bonds is 13. The van der Waals surface area contributed by atoms with E-state index in [0.717, 1.165) is 43.5 Å². The number of aryl methyl sites for hydroxylation is 1. The Morgan fingerprint density at radius 1 is 1.02 bits per heavy atom. The Morgan fingerprint density at radius 3 is 2.51 bits per heavy atom. The van der Waals surface area contributed by atoms with Crippen LogP contribution in [-0.2, 0) is 27.2 Å². The van der Waals surface area contributed by atoms with E-state index in [1.165, 1.54) is 11.3 Å². The minimum atomic E-state index is -4.33.